The topological polar surface area (TPSA) is 110 Å². The maximum atomic E-state index is 10.8. The maximum absolute atomic E-state index is 10.8. The number of nitrogens with one attached hydrogen (secondary N) is 1. The van der Waals surface area contributed by atoms with Crippen LogP contribution in [0.25, 0.3) is 11.4 Å². The molecular weight excluding hydrogens is 238 g/mol. The van der Waals surface area contributed by atoms with Gasteiger partial charge in [0.15, 0.2) is 0 Å². The fraction of sp³-hybridized carbons (Fsp3) is 0.400. The van der Waals surface area contributed by atoms with Crippen molar-refractivity contribution in [2.75, 3.05) is 6.61 Å². The highest BCUT2D eigenvalue weighted by Crippen LogP contribution is 2.27. The van der Waals surface area contributed by atoms with Crippen LogP contribution in [-0.2, 0) is 13.5 Å². The molecular formula is C10H13N5O3. The molecule has 0 bridgehead atoms. The highest BCUT2D eigenvalue weighted by Gasteiger charge is 2.23. The van der Waals surface area contributed by atoms with Crippen molar-refractivity contribution in [3.63, 3.8) is 0 Å². The van der Waals surface area contributed by atoms with E-state index in [9.17, 15) is 10.1 Å². The molecule has 2 aromatic rings. The molecule has 2 aromatic heterocycles. The number of H-pyrrole nitrogens is 1. The van der Waals surface area contributed by atoms with E-state index in [1.165, 1.54) is 10.8 Å². The van der Waals surface area contributed by atoms with Gasteiger partial charge in [-0.3, -0.25) is 5.10 Å². The SMILES string of the molecule is Cc1[nH]nc(CCO)c1-c1ncc([N+](=O)[O-])n1C. The van der Waals surface area contributed by atoms with Gasteiger partial charge in [0.1, 0.15) is 6.20 Å². The van der Waals surface area contributed by atoms with Crippen LogP contribution in [0.5, 0.6) is 0 Å². The molecule has 0 aliphatic heterocycles. The number of aliphatic hydroxyl groups excluding tert-OH is 1. The van der Waals surface area contributed by atoms with Crippen LogP contribution in [-0.4, -0.2) is 36.4 Å². The van der Waals surface area contributed by atoms with E-state index in [1.807, 2.05) is 6.92 Å². The van der Waals surface area contributed by atoms with E-state index in [1.54, 1.807) is 7.05 Å². The third kappa shape index (κ3) is 1.86. The Morgan fingerprint density at radius 2 is 2.33 bits per heavy atom. The number of rotatable bonds is 4. The number of nitrogens with zero attached hydrogens (tertiary/aromatic N) is 4. The first-order valence-corrected chi connectivity index (χ1v) is 5.37. The minimum absolute atomic E-state index is 0.0379. The summed E-state index contributed by atoms with van der Waals surface area (Å²) in [6, 6.07) is 0. The van der Waals surface area contributed by atoms with Gasteiger partial charge < -0.3 is 15.2 Å². The molecule has 18 heavy (non-hydrogen) atoms. The summed E-state index contributed by atoms with van der Waals surface area (Å²) in [5, 5.41) is 26.6. The molecule has 8 heteroatoms. The summed E-state index contributed by atoms with van der Waals surface area (Å²) in [6.07, 6.45) is 1.59. The quantitative estimate of drug-likeness (QED) is 0.609. The first kappa shape index (κ1) is 12.2. The van der Waals surface area contributed by atoms with Gasteiger partial charge in [-0.15, -0.1) is 0 Å². The smallest absolute Gasteiger partial charge is 0.342 e. The van der Waals surface area contributed by atoms with Gasteiger partial charge in [0.25, 0.3) is 0 Å². The van der Waals surface area contributed by atoms with Crippen molar-refractivity contribution >= 4 is 5.82 Å². The standard InChI is InChI=1S/C10H13N5O3/c1-6-9(7(3-4-16)13-12-6)10-11-5-8(14(10)2)15(17)18/h5,16H,3-4H2,1-2H3,(H,12,13). The lowest BCUT2D eigenvalue weighted by molar-refractivity contribution is -0.391. The fourth-order valence-corrected chi connectivity index (χ4v) is 1.87. The van der Waals surface area contributed by atoms with Gasteiger partial charge >= 0.3 is 5.82 Å². The third-order valence-corrected chi connectivity index (χ3v) is 2.75. The molecule has 0 aliphatic carbocycles. The molecule has 0 fully saturated rings. The van der Waals surface area contributed by atoms with Gasteiger partial charge in [0.2, 0.25) is 5.82 Å². The van der Waals surface area contributed by atoms with Crippen molar-refractivity contribution < 1.29 is 10.0 Å². The van der Waals surface area contributed by atoms with Crippen molar-refractivity contribution in [1.29, 1.82) is 0 Å². The number of aryl methyl sites for hydroxylation is 1. The Bertz CT molecular complexity index is 586. The van der Waals surface area contributed by atoms with Crippen molar-refractivity contribution in [3.05, 3.63) is 27.7 Å². The summed E-state index contributed by atoms with van der Waals surface area (Å²) >= 11 is 0. The molecule has 0 spiro atoms. The second kappa shape index (κ2) is 4.57. The zero-order valence-corrected chi connectivity index (χ0v) is 10.0. The summed E-state index contributed by atoms with van der Waals surface area (Å²) in [5.41, 5.74) is 2.13. The summed E-state index contributed by atoms with van der Waals surface area (Å²) in [7, 11) is 1.58. The van der Waals surface area contributed by atoms with Gasteiger partial charge in [0, 0.05) is 18.7 Å². The van der Waals surface area contributed by atoms with E-state index in [-0.39, 0.29) is 12.4 Å². The molecule has 2 heterocycles. The number of hydrogen-bond acceptors (Lipinski definition) is 5. The molecule has 0 aliphatic rings. The van der Waals surface area contributed by atoms with Crippen LogP contribution in [0.1, 0.15) is 11.4 Å². The monoisotopic (exact) mass is 251 g/mol. The molecule has 0 saturated heterocycles. The predicted molar refractivity (Wildman–Crippen MR) is 63.0 cm³/mol. The molecule has 0 aromatic carbocycles. The van der Waals surface area contributed by atoms with E-state index >= 15 is 0 Å². The van der Waals surface area contributed by atoms with Crippen LogP contribution in [0, 0.1) is 17.0 Å². The van der Waals surface area contributed by atoms with E-state index in [2.05, 4.69) is 15.2 Å². The summed E-state index contributed by atoms with van der Waals surface area (Å²) in [4.78, 5) is 14.4. The Labute approximate surface area is 102 Å². The Kier molecular flexibility index (Phi) is 3.11. The minimum Gasteiger partial charge on any atom is -0.396 e. The lowest BCUT2D eigenvalue weighted by atomic mass is 10.1. The van der Waals surface area contributed by atoms with Gasteiger partial charge in [-0.05, 0) is 11.8 Å². The van der Waals surface area contributed by atoms with Crippen molar-refractivity contribution in [2.24, 2.45) is 7.05 Å². The molecule has 0 saturated carbocycles. The van der Waals surface area contributed by atoms with Crippen LogP contribution >= 0.6 is 0 Å². The average Bonchev–Trinajstić information content (AvgIpc) is 2.84. The third-order valence-electron chi connectivity index (χ3n) is 2.75. The number of imidazole rings is 1. The van der Waals surface area contributed by atoms with Crippen LogP contribution in [0.2, 0.25) is 0 Å². The molecule has 0 atom stereocenters. The number of nitro groups is 1. The lowest BCUT2D eigenvalue weighted by Crippen LogP contribution is -2.01. The Hall–Kier alpha value is -2.22. The van der Waals surface area contributed by atoms with E-state index in [0.29, 0.717) is 23.5 Å². The zero-order chi connectivity index (χ0) is 13.3. The second-order valence-corrected chi connectivity index (χ2v) is 3.90. The predicted octanol–water partition coefficient (Wildman–Crippen LogP) is 0.562. The normalized spacial score (nSPS) is 10.8. The average molecular weight is 251 g/mol. The van der Waals surface area contributed by atoms with Crippen LogP contribution in [0.3, 0.4) is 0 Å². The van der Waals surface area contributed by atoms with Gasteiger partial charge in [-0.1, -0.05) is 0 Å². The minimum atomic E-state index is -0.488. The second-order valence-electron chi connectivity index (χ2n) is 3.90. The molecule has 0 amide bonds. The fourth-order valence-electron chi connectivity index (χ4n) is 1.87. The van der Waals surface area contributed by atoms with Crippen molar-refractivity contribution in [1.82, 2.24) is 19.7 Å². The van der Waals surface area contributed by atoms with E-state index < -0.39 is 4.92 Å². The van der Waals surface area contributed by atoms with Gasteiger partial charge in [-0.25, -0.2) is 9.55 Å². The Morgan fingerprint density at radius 3 is 2.89 bits per heavy atom. The van der Waals surface area contributed by atoms with Gasteiger partial charge in [-0.2, -0.15) is 5.10 Å². The van der Waals surface area contributed by atoms with Crippen molar-refractivity contribution in [3.8, 4) is 11.4 Å². The Morgan fingerprint density at radius 1 is 1.61 bits per heavy atom. The first-order chi connectivity index (χ1) is 8.56. The zero-order valence-electron chi connectivity index (χ0n) is 10.0. The highest BCUT2D eigenvalue weighted by atomic mass is 16.6. The van der Waals surface area contributed by atoms with Crippen LogP contribution in [0.15, 0.2) is 6.20 Å². The lowest BCUT2D eigenvalue weighted by Gasteiger charge is -2.00. The summed E-state index contributed by atoms with van der Waals surface area (Å²) in [6.45, 7) is 1.77. The molecule has 8 nitrogen and oxygen atoms in total. The molecule has 2 N–H and O–H groups in total. The summed E-state index contributed by atoms with van der Waals surface area (Å²) < 4.78 is 1.40. The van der Waals surface area contributed by atoms with Crippen LogP contribution in [0.4, 0.5) is 5.82 Å². The highest BCUT2D eigenvalue weighted by molar-refractivity contribution is 5.63. The number of aromatic amines is 1. The van der Waals surface area contributed by atoms with E-state index in [0.717, 1.165) is 5.69 Å². The number of aliphatic hydroxyl groups is 1. The van der Waals surface area contributed by atoms with Gasteiger partial charge in [0.05, 0.1) is 18.3 Å². The Balaban J connectivity index is 2.55. The summed E-state index contributed by atoms with van der Waals surface area (Å²) in [5.74, 6) is 0.386. The number of hydrogen-bond donors (Lipinski definition) is 2. The molecule has 0 unspecified atom stereocenters. The largest absolute Gasteiger partial charge is 0.396 e. The van der Waals surface area contributed by atoms with Crippen molar-refractivity contribution in [2.45, 2.75) is 13.3 Å². The molecule has 0 radical (unpaired) electrons. The van der Waals surface area contributed by atoms with E-state index in [4.69, 9.17) is 5.11 Å². The number of aromatic nitrogens is 4. The first-order valence-electron chi connectivity index (χ1n) is 5.37. The maximum Gasteiger partial charge on any atom is 0.342 e. The molecule has 96 valence electrons. The van der Waals surface area contributed by atoms with Crippen LogP contribution < -0.4 is 0 Å². The molecule has 2 rings (SSSR count).